The second-order valence-electron chi connectivity index (χ2n) is 5.05. The zero-order valence-electron chi connectivity index (χ0n) is 10.3. The number of hydrogen-bond donors (Lipinski definition) is 0. The molecule has 0 aliphatic carbocycles. The summed E-state index contributed by atoms with van der Waals surface area (Å²) in [6, 6.07) is 0.562. The Morgan fingerprint density at radius 1 is 1.35 bits per heavy atom. The molecule has 0 amide bonds. The highest BCUT2D eigenvalue weighted by molar-refractivity contribution is 7.99. The van der Waals surface area contributed by atoms with E-state index >= 15 is 0 Å². The molecule has 0 N–H and O–H groups in total. The molecule has 0 aromatic carbocycles. The van der Waals surface area contributed by atoms with E-state index in [9.17, 15) is 0 Å². The molecule has 2 aliphatic heterocycles. The minimum atomic E-state index is 0.562. The van der Waals surface area contributed by atoms with Crippen LogP contribution in [0.5, 0.6) is 0 Å². The van der Waals surface area contributed by atoms with Gasteiger partial charge in [-0.3, -0.25) is 4.90 Å². The van der Waals surface area contributed by atoms with E-state index in [1.165, 1.54) is 61.2 Å². The monoisotopic (exact) mass is 269 g/mol. The third kappa shape index (κ3) is 2.37. The lowest BCUT2D eigenvalue weighted by atomic mass is 9.95. The SMILES string of the molecule is CCCSc1nsnc1C1CCC2CCN1C2. The van der Waals surface area contributed by atoms with Crippen LogP contribution in [0.25, 0.3) is 0 Å². The fourth-order valence-electron chi connectivity index (χ4n) is 2.96. The molecule has 3 nitrogen and oxygen atoms in total. The molecule has 3 atom stereocenters. The van der Waals surface area contributed by atoms with Crippen LogP contribution in [0.2, 0.25) is 0 Å². The molecular weight excluding hydrogens is 250 g/mol. The Hall–Kier alpha value is -0.130. The molecule has 3 heterocycles. The maximum absolute atomic E-state index is 4.58. The van der Waals surface area contributed by atoms with Crippen LogP contribution >= 0.6 is 23.5 Å². The highest BCUT2D eigenvalue weighted by atomic mass is 32.2. The lowest BCUT2D eigenvalue weighted by molar-refractivity contribution is 0.177. The van der Waals surface area contributed by atoms with Gasteiger partial charge in [-0.25, -0.2) is 0 Å². The molecule has 3 unspecified atom stereocenters. The Morgan fingerprint density at radius 2 is 2.29 bits per heavy atom. The zero-order valence-corrected chi connectivity index (χ0v) is 11.9. The fourth-order valence-corrected chi connectivity index (χ4v) is 4.56. The summed E-state index contributed by atoms with van der Waals surface area (Å²) >= 11 is 3.27. The van der Waals surface area contributed by atoms with Gasteiger partial charge in [-0.1, -0.05) is 6.92 Å². The first-order valence-electron chi connectivity index (χ1n) is 6.57. The van der Waals surface area contributed by atoms with Crippen molar-refractivity contribution in [3.63, 3.8) is 0 Å². The van der Waals surface area contributed by atoms with Gasteiger partial charge in [0.15, 0.2) is 0 Å². The summed E-state index contributed by atoms with van der Waals surface area (Å²) in [5, 5.41) is 1.20. The molecule has 2 fully saturated rings. The van der Waals surface area contributed by atoms with Crippen molar-refractivity contribution in [2.75, 3.05) is 18.8 Å². The first-order valence-corrected chi connectivity index (χ1v) is 8.29. The van der Waals surface area contributed by atoms with Gasteiger partial charge in [0.25, 0.3) is 0 Å². The van der Waals surface area contributed by atoms with E-state index in [2.05, 4.69) is 20.6 Å². The van der Waals surface area contributed by atoms with E-state index in [1.807, 2.05) is 11.8 Å². The highest BCUT2D eigenvalue weighted by Crippen LogP contribution is 2.41. The smallest absolute Gasteiger partial charge is 0.135 e. The van der Waals surface area contributed by atoms with Crippen LogP contribution in [-0.2, 0) is 0 Å². The third-order valence-electron chi connectivity index (χ3n) is 3.85. The molecule has 1 aromatic rings. The molecular formula is C12H19N3S2. The van der Waals surface area contributed by atoms with Crippen LogP contribution in [0.4, 0.5) is 0 Å². The molecule has 2 saturated heterocycles. The summed E-state index contributed by atoms with van der Waals surface area (Å²) in [7, 11) is 0. The van der Waals surface area contributed by atoms with E-state index in [0.717, 1.165) is 11.7 Å². The van der Waals surface area contributed by atoms with Crippen molar-refractivity contribution >= 4 is 23.5 Å². The first-order chi connectivity index (χ1) is 8.38. The van der Waals surface area contributed by atoms with Gasteiger partial charge in [0.2, 0.25) is 0 Å². The maximum atomic E-state index is 4.58. The predicted molar refractivity (Wildman–Crippen MR) is 72.6 cm³/mol. The summed E-state index contributed by atoms with van der Waals surface area (Å²) in [5.41, 5.74) is 1.27. The summed E-state index contributed by atoms with van der Waals surface area (Å²) < 4.78 is 9.06. The minimum Gasteiger partial charge on any atom is -0.294 e. The molecule has 0 radical (unpaired) electrons. The van der Waals surface area contributed by atoms with Crippen molar-refractivity contribution in [3.05, 3.63) is 5.69 Å². The van der Waals surface area contributed by atoms with Crippen LogP contribution in [0.15, 0.2) is 5.03 Å². The van der Waals surface area contributed by atoms with Crippen molar-refractivity contribution in [1.82, 2.24) is 13.6 Å². The number of rotatable bonds is 4. The van der Waals surface area contributed by atoms with E-state index in [4.69, 9.17) is 0 Å². The van der Waals surface area contributed by atoms with Gasteiger partial charge < -0.3 is 0 Å². The number of fused-ring (bicyclic) bond motifs is 2. The maximum Gasteiger partial charge on any atom is 0.135 e. The average molecular weight is 269 g/mol. The second kappa shape index (κ2) is 5.24. The first kappa shape index (κ1) is 11.9. The minimum absolute atomic E-state index is 0.562. The molecule has 2 aliphatic rings. The van der Waals surface area contributed by atoms with E-state index in [-0.39, 0.29) is 0 Å². The fraction of sp³-hybridized carbons (Fsp3) is 0.833. The van der Waals surface area contributed by atoms with Crippen LogP contribution in [0.1, 0.15) is 44.3 Å². The van der Waals surface area contributed by atoms with Crippen molar-refractivity contribution in [1.29, 1.82) is 0 Å². The van der Waals surface area contributed by atoms with E-state index < -0.39 is 0 Å². The topological polar surface area (TPSA) is 29.0 Å². The van der Waals surface area contributed by atoms with Crippen LogP contribution in [-0.4, -0.2) is 32.5 Å². The Morgan fingerprint density at radius 3 is 3.18 bits per heavy atom. The standard InChI is InChI=1S/C12H19N3S2/c1-2-7-16-12-11(13-17-14-12)10-4-3-9-5-6-15(10)8-9/h9-10H,2-8H2,1H3. The average Bonchev–Trinajstić information content (AvgIpc) is 2.95. The number of hydrogen-bond acceptors (Lipinski definition) is 5. The van der Waals surface area contributed by atoms with Gasteiger partial charge in [-0.15, -0.1) is 11.8 Å². The summed E-state index contributed by atoms with van der Waals surface area (Å²) in [4.78, 5) is 2.63. The number of aromatic nitrogens is 2. The zero-order chi connectivity index (χ0) is 11.7. The van der Waals surface area contributed by atoms with E-state index in [0.29, 0.717) is 6.04 Å². The molecule has 0 spiro atoms. The van der Waals surface area contributed by atoms with Crippen LogP contribution in [0, 0.1) is 5.92 Å². The Labute approximate surface area is 111 Å². The predicted octanol–water partition coefficient (Wildman–Crippen LogP) is 3.20. The molecule has 1 aromatic heterocycles. The number of nitrogens with zero attached hydrogens (tertiary/aromatic N) is 3. The number of piperidine rings is 1. The molecule has 2 bridgehead atoms. The third-order valence-corrected chi connectivity index (χ3v) is 5.69. The van der Waals surface area contributed by atoms with Gasteiger partial charge in [0.1, 0.15) is 10.7 Å². The van der Waals surface area contributed by atoms with Crippen LogP contribution in [0.3, 0.4) is 0 Å². The number of thioether (sulfide) groups is 1. The van der Waals surface area contributed by atoms with Gasteiger partial charge >= 0.3 is 0 Å². The molecule has 17 heavy (non-hydrogen) atoms. The van der Waals surface area contributed by atoms with E-state index in [1.54, 1.807) is 0 Å². The lowest BCUT2D eigenvalue weighted by Crippen LogP contribution is -2.31. The van der Waals surface area contributed by atoms with Crippen molar-refractivity contribution in [3.8, 4) is 0 Å². The van der Waals surface area contributed by atoms with Gasteiger partial charge in [-0.2, -0.15) is 8.75 Å². The largest absolute Gasteiger partial charge is 0.294 e. The molecule has 94 valence electrons. The second-order valence-corrected chi connectivity index (χ2v) is 6.66. The normalized spacial score (nSPS) is 31.9. The van der Waals surface area contributed by atoms with Crippen molar-refractivity contribution in [2.45, 2.75) is 43.7 Å². The van der Waals surface area contributed by atoms with Gasteiger partial charge in [0, 0.05) is 6.54 Å². The van der Waals surface area contributed by atoms with Crippen LogP contribution < -0.4 is 0 Å². The Balaban J connectivity index is 1.76. The molecule has 5 heteroatoms. The highest BCUT2D eigenvalue weighted by Gasteiger charge is 2.36. The Bertz CT molecular complexity index is 380. The summed E-state index contributed by atoms with van der Waals surface area (Å²) in [6.45, 7) is 4.78. The quantitative estimate of drug-likeness (QED) is 0.785. The van der Waals surface area contributed by atoms with Crippen molar-refractivity contribution in [2.24, 2.45) is 5.92 Å². The van der Waals surface area contributed by atoms with Gasteiger partial charge in [0.05, 0.1) is 17.8 Å². The lowest BCUT2D eigenvalue weighted by Gasteiger charge is -2.31. The van der Waals surface area contributed by atoms with Gasteiger partial charge in [-0.05, 0) is 43.9 Å². The summed E-state index contributed by atoms with van der Waals surface area (Å²) in [6.07, 6.45) is 5.27. The molecule has 3 rings (SSSR count). The molecule has 0 saturated carbocycles. The Kier molecular flexibility index (Phi) is 3.68. The van der Waals surface area contributed by atoms with Crippen molar-refractivity contribution < 1.29 is 0 Å². The summed E-state index contributed by atoms with van der Waals surface area (Å²) in [5.74, 6) is 2.12.